The van der Waals surface area contributed by atoms with E-state index in [1.807, 2.05) is 24.3 Å². The molecular weight excluding hydrogens is 354 g/mol. The van der Waals surface area contributed by atoms with Gasteiger partial charge in [0.1, 0.15) is 0 Å². The number of carbonyl (C=O) groups excluding carboxylic acids is 3. The summed E-state index contributed by atoms with van der Waals surface area (Å²) in [5, 5.41) is 3.38. The Labute approximate surface area is 152 Å². The molecule has 4 rings (SSSR count). The fraction of sp³-hybridized carbons (Fsp3) is 0.222. The van der Waals surface area contributed by atoms with Crippen molar-refractivity contribution in [2.24, 2.45) is 0 Å². The van der Waals surface area contributed by atoms with E-state index >= 15 is 0 Å². The van der Waals surface area contributed by atoms with Gasteiger partial charge in [-0.3, -0.25) is 24.6 Å². The van der Waals surface area contributed by atoms with Crippen LogP contribution < -0.4 is 5.32 Å². The van der Waals surface area contributed by atoms with Crippen LogP contribution in [-0.4, -0.2) is 34.2 Å². The molecule has 0 spiro atoms. The molecule has 0 aliphatic carbocycles. The number of benzene rings is 1. The molecule has 0 radical (unpaired) electrons. The van der Waals surface area contributed by atoms with Gasteiger partial charge in [-0.1, -0.05) is 12.1 Å². The van der Waals surface area contributed by atoms with Crippen LogP contribution in [0.1, 0.15) is 19.3 Å². The summed E-state index contributed by atoms with van der Waals surface area (Å²) in [5.41, 5.74) is 0.898. The normalized spacial score (nSPS) is 14.4. The highest BCUT2D eigenvalue weighted by Crippen LogP contribution is 2.32. The Morgan fingerprint density at radius 1 is 1.15 bits per heavy atom. The molecule has 2 aromatic heterocycles. The van der Waals surface area contributed by atoms with Gasteiger partial charge in [-0.25, -0.2) is 4.98 Å². The van der Waals surface area contributed by atoms with Crippen molar-refractivity contribution < 1.29 is 18.8 Å². The second-order valence-electron chi connectivity index (χ2n) is 5.89. The maximum Gasteiger partial charge on any atom is 0.229 e. The fourth-order valence-electron chi connectivity index (χ4n) is 2.78. The van der Waals surface area contributed by atoms with Crippen LogP contribution in [0.3, 0.4) is 0 Å². The number of hydrogen-bond acceptors (Lipinski definition) is 6. The molecule has 1 N–H and O–H groups in total. The molecule has 3 amide bonds. The van der Waals surface area contributed by atoms with Gasteiger partial charge in [-0.15, -0.1) is 11.3 Å². The maximum atomic E-state index is 12.0. The van der Waals surface area contributed by atoms with E-state index in [9.17, 15) is 14.4 Å². The first-order valence-electron chi connectivity index (χ1n) is 8.19. The third-order valence-corrected chi connectivity index (χ3v) is 5.14. The predicted octanol–water partition coefficient (Wildman–Crippen LogP) is 3.03. The van der Waals surface area contributed by atoms with E-state index in [0.29, 0.717) is 11.6 Å². The molecule has 0 bridgehead atoms. The van der Waals surface area contributed by atoms with Gasteiger partial charge in [0, 0.05) is 31.9 Å². The van der Waals surface area contributed by atoms with Crippen molar-refractivity contribution in [3.05, 3.63) is 36.4 Å². The number of fused-ring (bicyclic) bond motifs is 1. The SMILES string of the molecule is O=C(CCN1C(=O)CCC1=O)Nc1ccc(-c2nc3ccccc3s2)o1. The number of amides is 3. The number of nitrogens with one attached hydrogen (secondary N) is 1. The van der Waals surface area contributed by atoms with Crippen molar-refractivity contribution in [1.82, 2.24) is 9.88 Å². The first-order chi connectivity index (χ1) is 12.6. The van der Waals surface area contributed by atoms with Crippen molar-refractivity contribution in [2.45, 2.75) is 19.3 Å². The number of imide groups is 1. The van der Waals surface area contributed by atoms with Crippen molar-refractivity contribution in [3.63, 3.8) is 0 Å². The molecule has 0 unspecified atom stereocenters. The number of rotatable bonds is 5. The zero-order valence-electron chi connectivity index (χ0n) is 13.7. The second-order valence-corrected chi connectivity index (χ2v) is 6.92. The summed E-state index contributed by atoms with van der Waals surface area (Å²) in [5.74, 6) is 0.121. The minimum absolute atomic E-state index is 0.0364. The number of aromatic nitrogens is 1. The number of likely N-dealkylation sites (tertiary alicyclic amines) is 1. The van der Waals surface area contributed by atoms with E-state index in [2.05, 4.69) is 10.3 Å². The first-order valence-corrected chi connectivity index (χ1v) is 9.00. The summed E-state index contributed by atoms with van der Waals surface area (Å²) < 4.78 is 6.71. The summed E-state index contributed by atoms with van der Waals surface area (Å²) in [6, 6.07) is 11.2. The Bertz CT molecular complexity index is 958. The van der Waals surface area contributed by atoms with E-state index in [-0.39, 0.29) is 43.5 Å². The third kappa shape index (κ3) is 3.23. The topological polar surface area (TPSA) is 92.5 Å². The van der Waals surface area contributed by atoms with Crippen LogP contribution >= 0.6 is 11.3 Å². The second kappa shape index (κ2) is 6.72. The maximum absolute atomic E-state index is 12.0. The molecule has 0 atom stereocenters. The van der Waals surface area contributed by atoms with Crippen LogP contribution in [0.2, 0.25) is 0 Å². The zero-order valence-corrected chi connectivity index (χ0v) is 14.5. The predicted molar refractivity (Wildman–Crippen MR) is 96.5 cm³/mol. The number of furan rings is 1. The van der Waals surface area contributed by atoms with E-state index in [4.69, 9.17) is 4.42 Å². The van der Waals surface area contributed by atoms with E-state index in [1.54, 1.807) is 12.1 Å². The number of anilines is 1. The van der Waals surface area contributed by atoms with Gasteiger partial charge in [0.05, 0.1) is 10.2 Å². The van der Waals surface area contributed by atoms with Gasteiger partial charge in [-0.2, -0.15) is 0 Å². The average molecular weight is 369 g/mol. The average Bonchev–Trinajstić information content (AvgIpc) is 3.32. The van der Waals surface area contributed by atoms with Crippen molar-refractivity contribution in [2.75, 3.05) is 11.9 Å². The van der Waals surface area contributed by atoms with E-state index < -0.39 is 0 Å². The Morgan fingerprint density at radius 3 is 2.69 bits per heavy atom. The molecule has 1 aliphatic rings. The molecule has 3 heterocycles. The number of para-hydroxylation sites is 1. The molecule has 8 heteroatoms. The monoisotopic (exact) mass is 369 g/mol. The van der Waals surface area contributed by atoms with Gasteiger partial charge >= 0.3 is 0 Å². The minimum Gasteiger partial charge on any atom is -0.438 e. The molecule has 1 aromatic carbocycles. The summed E-state index contributed by atoms with van der Waals surface area (Å²) >= 11 is 1.51. The molecule has 132 valence electrons. The van der Waals surface area contributed by atoms with Crippen LogP contribution in [0.5, 0.6) is 0 Å². The summed E-state index contributed by atoms with van der Waals surface area (Å²) in [6.45, 7) is 0.0922. The van der Waals surface area contributed by atoms with Crippen LogP contribution in [0, 0.1) is 0 Å². The number of carbonyl (C=O) groups is 3. The van der Waals surface area contributed by atoms with Crippen LogP contribution in [0.15, 0.2) is 40.8 Å². The molecule has 1 fully saturated rings. The van der Waals surface area contributed by atoms with Crippen LogP contribution in [0.4, 0.5) is 5.88 Å². The highest BCUT2D eigenvalue weighted by atomic mass is 32.1. The number of hydrogen-bond donors (Lipinski definition) is 1. The van der Waals surface area contributed by atoms with Gasteiger partial charge in [-0.05, 0) is 18.2 Å². The van der Waals surface area contributed by atoms with Crippen molar-refractivity contribution in [1.29, 1.82) is 0 Å². The third-order valence-electron chi connectivity index (χ3n) is 4.09. The van der Waals surface area contributed by atoms with Gasteiger partial charge in [0.25, 0.3) is 0 Å². The molecule has 7 nitrogen and oxygen atoms in total. The van der Waals surface area contributed by atoms with Gasteiger partial charge in [0.2, 0.25) is 17.7 Å². The molecule has 1 saturated heterocycles. The lowest BCUT2D eigenvalue weighted by atomic mass is 10.3. The fourth-order valence-corrected chi connectivity index (χ4v) is 3.71. The lowest BCUT2D eigenvalue weighted by Crippen LogP contribution is -2.32. The first kappa shape index (κ1) is 16.5. The highest BCUT2D eigenvalue weighted by Gasteiger charge is 2.28. The quantitative estimate of drug-likeness (QED) is 0.698. The largest absolute Gasteiger partial charge is 0.438 e. The lowest BCUT2D eigenvalue weighted by molar-refractivity contribution is -0.138. The standard InChI is InChI=1S/C18H15N3O4S/c22-14(9-10-21-16(23)7-8-17(21)24)20-15-6-5-12(25-15)18-19-11-3-1-2-4-13(11)26-18/h1-6H,7-10H2,(H,20,22). The summed E-state index contributed by atoms with van der Waals surface area (Å²) in [6.07, 6.45) is 0.489. The summed E-state index contributed by atoms with van der Waals surface area (Å²) in [4.78, 5) is 40.8. The molecule has 3 aromatic rings. The highest BCUT2D eigenvalue weighted by molar-refractivity contribution is 7.21. The molecular formula is C18H15N3O4S. The minimum atomic E-state index is -0.317. The van der Waals surface area contributed by atoms with Gasteiger partial charge < -0.3 is 4.42 Å². The Balaban J connectivity index is 1.39. The van der Waals surface area contributed by atoms with E-state index in [0.717, 1.165) is 20.1 Å². The summed E-state index contributed by atoms with van der Waals surface area (Å²) in [7, 11) is 0. The van der Waals surface area contributed by atoms with E-state index in [1.165, 1.54) is 11.3 Å². The van der Waals surface area contributed by atoms with Crippen molar-refractivity contribution >= 4 is 45.2 Å². The number of thiazole rings is 1. The Kier molecular flexibility index (Phi) is 4.26. The van der Waals surface area contributed by atoms with Gasteiger partial charge in [0.15, 0.2) is 16.7 Å². The molecule has 26 heavy (non-hydrogen) atoms. The van der Waals surface area contributed by atoms with Crippen LogP contribution in [0.25, 0.3) is 21.0 Å². The van der Waals surface area contributed by atoms with Crippen molar-refractivity contribution in [3.8, 4) is 10.8 Å². The zero-order chi connectivity index (χ0) is 18.1. The molecule has 1 aliphatic heterocycles. The Morgan fingerprint density at radius 2 is 1.92 bits per heavy atom. The Hall–Kier alpha value is -3.00. The lowest BCUT2D eigenvalue weighted by Gasteiger charge is -2.12. The smallest absolute Gasteiger partial charge is 0.229 e. The molecule has 0 saturated carbocycles. The number of nitrogens with zero attached hydrogens (tertiary/aromatic N) is 2. The van der Waals surface area contributed by atoms with Crippen LogP contribution in [-0.2, 0) is 14.4 Å².